The Morgan fingerprint density at radius 2 is 0.792 bits per heavy atom. The van der Waals surface area contributed by atoms with Crippen molar-refractivity contribution in [1.29, 1.82) is 0 Å². The molecular weight excluding hydrogens is 592 g/mol. The molecule has 8 bridgehead atoms. The van der Waals surface area contributed by atoms with Crippen LogP contribution in [0.25, 0.3) is 0 Å². The van der Waals surface area contributed by atoms with Crippen molar-refractivity contribution in [1.82, 2.24) is 0 Å². The van der Waals surface area contributed by atoms with E-state index in [2.05, 4.69) is 126 Å². The Labute approximate surface area is 292 Å². The summed E-state index contributed by atoms with van der Waals surface area (Å²) in [5, 5.41) is 48.4. The highest BCUT2D eigenvalue weighted by Crippen LogP contribution is 2.48. The van der Waals surface area contributed by atoms with Crippen molar-refractivity contribution in [2.75, 3.05) is 0 Å². The van der Waals surface area contributed by atoms with Gasteiger partial charge in [-0.25, -0.2) is 0 Å². The number of aliphatic hydroxyl groups is 4. The largest absolute Gasteiger partial charge is 0.392 e. The van der Waals surface area contributed by atoms with Crippen LogP contribution in [-0.2, 0) is 0 Å². The fraction of sp³-hybridized carbons (Fsp3) is 0.682. The zero-order valence-electron chi connectivity index (χ0n) is 32.1. The molecule has 0 amide bonds. The predicted octanol–water partition coefficient (Wildman–Crippen LogP) is 9.20. The molecule has 0 spiro atoms. The summed E-state index contributed by atoms with van der Waals surface area (Å²) in [5.74, 6) is -0.652. The van der Waals surface area contributed by atoms with E-state index in [1.807, 2.05) is 0 Å². The Balaban J connectivity index is 1.69. The molecule has 4 nitrogen and oxygen atoms in total. The maximum Gasteiger partial charge on any atom is 0.0819 e. The third kappa shape index (κ3) is 7.83. The van der Waals surface area contributed by atoms with Gasteiger partial charge in [0.25, 0.3) is 0 Å². The molecule has 0 aromatic heterocycles. The SMILES string of the molecule is CC(C)(C)C1=CC2CC3=CC(C(C)(C)C)=CC(CC4CC(C(C)(C)C)=CC(CC5=CC(C(C)(C)C)=CC(CC(=C1)C2O)C5O)C4O)C3O. The van der Waals surface area contributed by atoms with Gasteiger partial charge in [0.2, 0.25) is 0 Å². The van der Waals surface area contributed by atoms with Gasteiger partial charge in [-0.05, 0) is 93.1 Å². The molecular formula is C44H66O4. The van der Waals surface area contributed by atoms with Crippen LogP contribution in [0.2, 0.25) is 0 Å². The van der Waals surface area contributed by atoms with Gasteiger partial charge in [0.1, 0.15) is 0 Å². The van der Waals surface area contributed by atoms with E-state index in [0.717, 1.165) is 23.1 Å². The molecule has 5 aliphatic carbocycles. The summed E-state index contributed by atoms with van der Waals surface area (Å²) in [6, 6.07) is 0. The number of hydrogen-bond donors (Lipinski definition) is 4. The van der Waals surface area contributed by atoms with Crippen LogP contribution in [0.1, 0.15) is 115 Å². The molecule has 0 radical (unpaired) electrons. The lowest BCUT2D eigenvalue weighted by atomic mass is 9.65. The molecule has 5 rings (SSSR count). The predicted molar refractivity (Wildman–Crippen MR) is 199 cm³/mol. The van der Waals surface area contributed by atoms with Crippen LogP contribution in [0.5, 0.6) is 0 Å². The summed E-state index contributed by atoms with van der Waals surface area (Å²) in [6.45, 7) is 26.8. The van der Waals surface area contributed by atoms with Gasteiger partial charge < -0.3 is 20.4 Å². The summed E-state index contributed by atoms with van der Waals surface area (Å²) >= 11 is 0. The van der Waals surface area contributed by atoms with Gasteiger partial charge in [-0.2, -0.15) is 0 Å². The summed E-state index contributed by atoms with van der Waals surface area (Å²) in [5.41, 5.74) is 7.49. The zero-order chi connectivity index (χ0) is 35.7. The fourth-order valence-corrected chi connectivity index (χ4v) is 8.57. The van der Waals surface area contributed by atoms with Gasteiger partial charge in [-0.3, -0.25) is 0 Å². The minimum atomic E-state index is -0.703. The van der Waals surface area contributed by atoms with Crippen LogP contribution in [-0.4, -0.2) is 44.8 Å². The van der Waals surface area contributed by atoms with Gasteiger partial charge >= 0.3 is 0 Å². The van der Waals surface area contributed by atoms with E-state index in [9.17, 15) is 20.4 Å². The highest BCUT2D eigenvalue weighted by atomic mass is 16.3. The van der Waals surface area contributed by atoms with Crippen molar-refractivity contribution in [2.24, 2.45) is 51.2 Å². The molecule has 0 aromatic carbocycles. The lowest BCUT2D eigenvalue weighted by molar-refractivity contribution is 0.0315. The van der Waals surface area contributed by atoms with E-state index in [1.165, 1.54) is 22.3 Å². The molecule has 1 saturated carbocycles. The van der Waals surface area contributed by atoms with Crippen LogP contribution in [0.4, 0.5) is 0 Å². The van der Waals surface area contributed by atoms with E-state index in [1.54, 1.807) is 0 Å². The molecule has 0 aliphatic heterocycles. The van der Waals surface area contributed by atoms with Crippen LogP contribution < -0.4 is 0 Å². The van der Waals surface area contributed by atoms with Crippen molar-refractivity contribution in [2.45, 2.75) is 140 Å². The van der Waals surface area contributed by atoms with Gasteiger partial charge in [0, 0.05) is 23.7 Å². The number of hydrogen-bond acceptors (Lipinski definition) is 4. The van der Waals surface area contributed by atoms with Crippen LogP contribution in [0, 0.1) is 51.2 Å². The highest BCUT2D eigenvalue weighted by molar-refractivity contribution is 5.43. The third-order valence-electron chi connectivity index (χ3n) is 11.9. The first-order valence-corrected chi connectivity index (χ1v) is 18.6. The van der Waals surface area contributed by atoms with Crippen molar-refractivity contribution in [3.05, 3.63) is 81.5 Å². The molecule has 0 heterocycles. The Morgan fingerprint density at radius 1 is 0.438 bits per heavy atom. The topological polar surface area (TPSA) is 80.9 Å². The van der Waals surface area contributed by atoms with Crippen LogP contribution in [0.15, 0.2) is 81.5 Å². The minimum Gasteiger partial charge on any atom is -0.392 e. The zero-order valence-corrected chi connectivity index (χ0v) is 32.1. The highest BCUT2D eigenvalue weighted by Gasteiger charge is 2.42. The average molecular weight is 659 g/mol. The molecule has 266 valence electrons. The summed E-state index contributed by atoms with van der Waals surface area (Å²) in [6.07, 6.45) is 16.2. The van der Waals surface area contributed by atoms with Gasteiger partial charge in [0.05, 0.1) is 24.4 Å². The Hall–Kier alpha value is -1.98. The normalized spacial score (nSPS) is 35.3. The number of aliphatic hydroxyl groups excluding tert-OH is 4. The number of fused-ring (bicyclic) bond motifs is 8. The lowest BCUT2D eigenvalue weighted by Crippen LogP contribution is -2.40. The Kier molecular flexibility index (Phi) is 10.1. The number of allylic oxidation sites excluding steroid dienone is 7. The molecule has 0 saturated heterocycles. The fourth-order valence-electron chi connectivity index (χ4n) is 8.57. The summed E-state index contributed by atoms with van der Waals surface area (Å²) in [7, 11) is 0. The molecule has 0 aromatic rings. The molecule has 9 atom stereocenters. The smallest absolute Gasteiger partial charge is 0.0819 e. The van der Waals surface area contributed by atoms with E-state index in [0.29, 0.717) is 25.7 Å². The molecule has 9 unspecified atom stereocenters. The van der Waals surface area contributed by atoms with Crippen LogP contribution >= 0.6 is 0 Å². The molecule has 48 heavy (non-hydrogen) atoms. The first-order valence-electron chi connectivity index (χ1n) is 18.6. The molecule has 4 heteroatoms. The first-order chi connectivity index (χ1) is 21.9. The molecule has 1 fully saturated rings. The van der Waals surface area contributed by atoms with Crippen molar-refractivity contribution < 1.29 is 20.4 Å². The second-order valence-corrected chi connectivity index (χ2v) is 20.0. The van der Waals surface area contributed by atoms with Gasteiger partial charge in [-0.1, -0.05) is 131 Å². The van der Waals surface area contributed by atoms with Crippen molar-refractivity contribution in [3.8, 4) is 0 Å². The molecule has 4 N–H and O–H groups in total. The van der Waals surface area contributed by atoms with E-state index < -0.39 is 24.4 Å². The second kappa shape index (κ2) is 13.0. The summed E-state index contributed by atoms with van der Waals surface area (Å²) in [4.78, 5) is 0. The number of rotatable bonds is 0. The van der Waals surface area contributed by atoms with Crippen molar-refractivity contribution >= 4 is 0 Å². The summed E-state index contributed by atoms with van der Waals surface area (Å²) < 4.78 is 0. The quantitative estimate of drug-likeness (QED) is 0.196. The minimum absolute atomic E-state index is 0.0180. The Bertz CT molecular complexity index is 1460. The Morgan fingerprint density at radius 3 is 1.17 bits per heavy atom. The third-order valence-corrected chi connectivity index (χ3v) is 11.9. The maximum absolute atomic E-state index is 12.1. The van der Waals surface area contributed by atoms with E-state index in [4.69, 9.17) is 0 Å². The molecule has 5 aliphatic rings. The monoisotopic (exact) mass is 658 g/mol. The van der Waals surface area contributed by atoms with Crippen molar-refractivity contribution in [3.63, 3.8) is 0 Å². The van der Waals surface area contributed by atoms with Gasteiger partial charge in [0.15, 0.2) is 0 Å². The lowest BCUT2D eigenvalue weighted by Gasteiger charge is -2.43. The van der Waals surface area contributed by atoms with Crippen LogP contribution in [0.3, 0.4) is 0 Å². The van der Waals surface area contributed by atoms with Gasteiger partial charge in [-0.15, -0.1) is 0 Å². The van der Waals surface area contributed by atoms with E-state index in [-0.39, 0.29) is 51.2 Å². The standard InChI is InChI=1S/C44H66O4/c1-41(2,3)33-17-25-13-27-19-34(42(4,5)6)21-29(38(27)46)15-31-23-36(44(10,11)12)24-32(40(31)48)16-30-22-35(43(7,8)9)20-28(39(30)47)14-26(18-33)37(25)45/h17-23,26-27,30-32,37-40,45-48H,13-16,24H2,1-12H3. The first kappa shape index (κ1) is 37.3. The second-order valence-electron chi connectivity index (χ2n) is 20.0. The van der Waals surface area contributed by atoms with E-state index >= 15 is 0 Å². The maximum atomic E-state index is 12.1. The average Bonchev–Trinajstić information content (AvgIpc) is 2.93.